The SMILES string of the molecule is CN=C(NCC(OC)C(C)(C)C)N(C)Cc1ccccc1.I. The summed E-state index contributed by atoms with van der Waals surface area (Å²) >= 11 is 0. The van der Waals surface area contributed by atoms with Crippen molar-refractivity contribution in [3.63, 3.8) is 0 Å². The summed E-state index contributed by atoms with van der Waals surface area (Å²) in [6, 6.07) is 10.4. The Labute approximate surface area is 152 Å². The second kappa shape index (κ2) is 10.0. The molecule has 0 fully saturated rings. The highest BCUT2D eigenvalue weighted by atomic mass is 127. The van der Waals surface area contributed by atoms with Gasteiger partial charge in [0.2, 0.25) is 0 Å². The number of rotatable bonds is 5. The monoisotopic (exact) mass is 419 g/mol. The number of nitrogens with one attached hydrogen (secondary N) is 1. The number of hydrogen-bond donors (Lipinski definition) is 1. The highest BCUT2D eigenvalue weighted by molar-refractivity contribution is 14.0. The van der Waals surface area contributed by atoms with Gasteiger partial charge in [-0.2, -0.15) is 0 Å². The first-order valence-electron chi connectivity index (χ1n) is 7.37. The van der Waals surface area contributed by atoms with Gasteiger partial charge in [-0.05, 0) is 11.0 Å². The molecule has 0 aromatic heterocycles. The largest absolute Gasteiger partial charge is 0.379 e. The van der Waals surface area contributed by atoms with Crippen molar-refractivity contribution in [3.05, 3.63) is 35.9 Å². The number of hydrogen-bond acceptors (Lipinski definition) is 2. The van der Waals surface area contributed by atoms with Gasteiger partial charge in [0.25, 0.3) is 0 Å². The van der Waals surface area contributed by atoms with Gasteiger partial charge in [0.05, 0.1) is 6.10 Å². The molecule has 22 heavy (non-hydrogen) atoms. The van der Waals surface area contributed by atoms with Gasteiger partial charge < -0.3 is 15.0 Å². The Balaban J connectivity index is 0.00000441. The van der Waals surface area contributed by atoms with E-state index < -0.39 is 0 Å². The minimum absolute atomic E-state index is 0. The Hall–Kier alpha value is -0.820. The minimum atomic E-state index is 0. The molecule has 0 aliphatic carbocycles. The molecule has 0 heterocycles. The van der Waals surface area contributed by atoms with E-state index in [2.05, 4.69) is 60.2 Å². The van der Waals surface area contributed by atoms with Gasteiger partial charge in [-0.3, -0.25) is 4.99 Å². The summed E-state index contributed by atoms with van der Waals surface area (Å²) in [4.78, 5) is 6.46. The fraction of sp³-hybridized carbons (Fsp3) is 0.588. The Bertz CT molecular complexity index is 443. The molecular weight excluding hydrogens is 389 g/mol. The molecule has 0 bridgehead atoms. The maximum absolute atomic E-state index is 5.57. The van der Waals surface area contributed by atoms with Gasteiger partial charge in [-0.15, -0.1) is 24.0 Å². The van der Waals surface area contributed by atoms with Crippen LogP contribution in [0.15, 0.2) is 35.3 Å². The average Bonchev–Trinajstić information content (AvgIpc) is 2.43. The molecule has 1 rings (SSSR count). The molecule has 5 heteroatoms. The lowest BCUT2D eigenvalue weighted by molar-refractivity contribution is 0.0202. The molecule has 0 spiro atoms. The summed E-state index contributed by atoms with van der Waals surface area (Å²) in [6.45, 7) is 8.11. The lowest BCUT2D eigenvalue weighted by Gasteiger charge is -2.31. The molecule has 126 valence electrons. The fourth-order valence-electron chi connectivity index (χ4n) is 2.24. The van der Waals surface area contributed by atoms with Crippen molar-refractivity contribution < 1.29 is 4.74 Å². The maximum atomic E-state index is 5.57. The number of benzene rings is 1. The number of methoxy groups -OCH3 is 1. The second-order valence-corrected chi connectivity index (χ2v) is 6.36. The van der Waals surface area contributed by atoms with E-state index in [9.17, 15) is 0 Å². The Morgan fingerprint density at radius 2 is 1.86 bits per heavy atom. The van der Waals surface area contributed by atoms with Gasteiger partial charge in [0.15, 0.2) is 5.96 Å². The Morgan fingerprint density at radius 3 is 2.32 bits per heavy atom. The van der Waals surface area contributed by atoms with Crippen molar-refractivity contribution in [1.29, 1.82) is 0 Å². The molecule has 0 aliphatic heterocycles. The van der Waals surface area contributed by atoms with E-state index in [0.29, 0.717) is 0 Å². The molecular formula is C17H30IN3O. The summed E-state index contributed by atoms with van der Waals surface area (Å²) in [5, 5.41) is 3.40. The van der Waals surface area contributed by atoms with Crippen molar-refractivity contribution in [1.82, 2.24) is 10.2 Å². The predicted molar refractivity (Wildman–Crippen MR) is 105 cm³/mol. The van der Waals surface area contributed by atoms with E-state index in [0.717, 1.165) is 19.0 Å². The van der Waals surface area contributed by atoms with Crippen LogP contribution in [0.4, 0.5) is 0 Å². The van der Waals surface area contributed by atoms with Crippen LogP contribution < -0.4 is 5.32 Å². The van der Waals surface area contributed by atoms with E-state index in [1.807, 2.05) is 20.2 Å². The maximum Gasteiger partial charge on any atom is 0.193 e. The Kier molecular flexibility index (Phi) is 9.67. The van der Waals surface area contributed by atoms with Crippen LogP contribution in [-0.2, 0) is 11.3 Å². The Morgan fingerprint density at radius 1 is 1.27 bits per heavy atom. The van der Waals surface area contributed by atoms with Gasteiger partial charge in [-0.1, -0.05) is 51.1 Å². The first kappa shape index (κ1) is 21.2. The topological polar surface area (TPSA) is 36.9 Å². The van der Waals surface area contributed by atoms with Gasteiger partial charge in [0.1, 0.15) is 0 Å². The van der Waals surface area contributed by atoms with Crippen LogP contribution in [0.5, 0.6) is 0 Å². The van der Waals surface area contributed by atoms with Crippen LogP contribution in [0.2, 0.25) is 0 Å². The van der Waals surface area contributed by atoms with Gasteiger partial charge >= 0.3 is 0 Å². The quantitative estimate of drug-likeness (QED) is 0.452. The van der Waals surface area contributed by atoms with E-state index in [1.165, 1.54) is 5.56 Å². The molecule has 1 atom stereocenters. The smallest absolute Gasteiger partial charge is 0.193 e. The number of nitrogens with zero attached hydrogens (tertiary/aromatic N) is 2. The molecule has 1 N–H and O–H groups in total. The van der Waals surface area contributed by atoms with Gasteiger partial charge in [0, 0.05) is 34.3 Å². The third-order valence-electron chi connectivity index (χ3n) is 3.53. The van der Waals surface area contributed by atoms with Crippen LogP contribution in [0, 0.1) is 5.41 Å². The van der Waals surface area contributed by atoms with Crippen molar-refractivity contribution in [2.45, 2.75) is 33.4 Å². The first-order valence-corrected chi connectivity index (χ1v) is 7.37. The molecule has 4 nitrogen and oxygen atoms in total. The molecule has 0 saturated heterocycles. The van der Waals surface area contributed by atoms with E-state index >= 15 is 0 Å². The lowest BCUT2D eigenvalue weighted by Crippen LogP contribution is -2.45. The average molecular weight is 419 g/mol. The lowest BCUT2D eigenvalue weighted by atomic mass is 9.89. The summed E-state index contributed by atoms with van der Waals surface area (Å²) < 4.78 is 5.57. The van der Waals surface area contributed by atoms with Crippen LogP contribution in [0.3, 0.4) is 0 Å². The van der Waals surface area contributed by atoms with E-state index in [1.54, 1.807) is 7.11 Å². The molecule has 1 aromatic rings. The normalized spacial score (nSPS) is 13.3. The summed E-state index contributed by atoms with van der Waals surface area (Å²) in [5.41, 5.74) is 1.36. The number of guanidine groups is 1. The summed E-state index contributed by atoms with van der Waals surface area (Å²) in [7, 11) is 5.61. The van der Waals surface area contributed by atoms with Crippen molar-refractivity contribution in [2.24, 2.45) is 10.4 Å². The summed E-state index contributed by atoms with van der Waals surface area (Å²) in [5.74, 6) is 0.880. The zero-order valence-corrected chi connectivity index (χ0v) is 16.9. The highest BCUT2D eigenvalue weighted by Crippen LogP contribution is 2.21. The molecule has 0 radical (unpaired) electrons. The number of halogens is 1. The molecule has 0 saturated carbocycles. The number of ether oxygens (including phenoxy) is 1. The minimum Gasteiger partial charge on any atom is -0.379 e. The van der Waals surface area contributed by atoms with Crippen molar-refractivity contribution in [2.75, 3.05) is 27.7 Å². The zero-order valence-electron chi connectivity index (χ0n) is 14.6. The van der Waals surface area contributed by atoms with Crippen LogP contribution in [0.25, 0.3) is 0 Å². The molecule has 1 unspecified atom stereocenters. The molecule has 0 amide bonds. The van der Waals surface area contributed by atoms with E-state index in [-0.39, 0.29) is 35.5 Å². The third-order valence-corrected chi connectivity index (χ3v) is 3.53. The van der Waals surface area contributed by atoms with Crippen molar-refractivity contribution in [3.8, 4) is 0 Å². The van der Waals surface area contributed by atoms with Gasteiger partial charge in [-0.25, -0.2) is 0 Å². The van der Waals surface area contributed by atoms with E-state index in [4.69, 9.17) is 4.74 Å². The number of aliphatic imine (C=N–C) groups is 1. The van der Waals surface area contributed by atoms with Crippen LogP contribution in [-0.4, -0.2) is 44.7 Å². The molecule has 1 aromatic carbocycles. The van der Waals surface area contributed by atoms with Crippen molar-refractivity contribution >= 4 is 29.9 Å². The predicted octanol–water partition coefficient (Wildman–Crippen LogP) is 3.37. The second-order valence-electron chi connectivity index (χ2n) is 6.36. The standard InChI is InChI=1S/C17H29N3O.HI/c1-17(2,3)15(21-6)12-19-16(18-4)20(5)13-14-10-8-7-9-11-14;/h7-11,15H,12-13H2,1-6H3,(H,18,19);1H. The zero-order chi connectivity index (χ0) is 15.9. The molecule has 0 aliphatic rings. The fourth-order valence-corrected chi connectivity index (χ4v) is 2.24. The highest BCUT2D eigenvalue weighted by Gasteiger charge is 2.24. The van der Waals surface area contributed by atoms with Crippen LogP contribution >= 0.6 is 24.0 Å². The van der Waals surface area contributed by atoms with Crippen LogP contribution in [0.1, 0.15) is 26.3 Å². The summed E-state index contributed by atoms with van der Waals surface area (Å²) in [6.07, 6.45) is 0.138. The first-order chi connectivity index (χ1) is 9.88. The third kappa shape index (κ3) is 6.96.